The van der Waals surface area contributed by atoms with Crippen LogP contribution in [0.4, 0.5) is 0 Å². The summed E-state index contributed by atoms with van der Waals surface area (Å²) in [4.78, 5) is 25.2. The predicted octanol–water partition coefficient (Wildman–Crippen LogP) is 9.15. The maximum atomic E-state index is 13.0. The summed E-state index contributed by atoms with van der Waals surface area (Å²) in [6, 6.07) is 0. The molecule has 2 fully saturated rings. The van der Waals surface area contributed by atoms with Gasteiger partial charge in [0.1, 0.15) is 12.2 Å². The van der Waals surface area contributed by atoms with Crippen molar-refractivity contribution in [3.05, 3.63) is 23.8 Å². The van der Waals surface area contributed by atoms with Crippen LogP contribution in [0, 0.1) is 22.7 Å². The highest BCUT2D eigenvalue weighted by atomic mass is 79.9. The molecule has 0 unspecified atom stereocenters. The van der Waals surface area contributed by atoms with E-state index in [2.05, 4.69) is 49.4 Å². The smallest absolute Gasteiger partial charge is 0.306 e. The first-order valence-electron chi connectivity index (χ1n) is 18.1. The van der Waals surface area contributed by atoms with E-state index < -0.39 is 18.3 Å². The lowest BCUT2D eigenvalue weighted by molar-refractivity contribution is -0.168. The maximum Gasteiger partial charge on any atom is 0.306 e. The quantitative estimate of drug-likeness (QED) is 0.0643. The van der Waals surface area contributed by atoms with E-state index in [1.54, 1.807) is 0 Å². The molecule has 0 spiro atoms. The van der Waals surface area contributed by atoms with Crippen molar-refractivity contribution in [3.63, 3.8) is 0 Å². The highest BCUT2D eigenvalue weighted by Gasteiger charge is 2.56. The van der Waals surface area contributed by atoms with Gasteiger partial charge in [0.2, 0.25) is 0 Å². The topological polar surface area (TPSA) is 93.1 Å². The van der Waals surface area contributed by atoms with Gasteiger partial charge < -0.3 is 19.7 Å². The molecule has 0 aromatic rings. The highest BCUT2D eigenvalue weighted by Crippen LogP contribution is 2.60. The van der Waals surface area contributed by atoms with E-state index >= 15 is 0 Å². The van der Waals surface area contributed by atoms with Crippen molar-refractivity contribution in [3.8, 4) is 0 Å². The monoisotopic (exact) mass is 694 g/mol. The van der Waals surface area contributed by atoms with Crippen molar-refractivity contribution in [1.29, 1.82) is 0 Å². The summed E-state index contributed by atoms with van der Waals surface area (Å²) in [6.45, 7) is 12.5. The first-order valence-corrected chi connectivity index (χ1v) is 19.0. The number of aliphatic hydroxyl groups is 2. The van der Waals surface area contributed by atoms with E-state index in [1.807, 2.05) is 0 Å². The van der Waals surface area contributed by atoms with Crippen LogP contribution in [0.3, 0.4) is 0 Å². The van der Waals surface area contributed by atoms with Gasteiger partial charge >= 0.3 is 11.9 Å². The Morgan fingerprint density at radius 1 is 0.956 bits per heavy atom. The largest absolute Gasteiger partial charge is 0.459 e. The number of alkyl halides is 1. The molecule has 0 aliphatic heterocycles. The Kier molecular flexibility index (Phi) is 15.6. The van der Waals surface area contributed by atoms with Crippen LogP contribution in [0.1, 0.15) is 150 Å². The van der Waals surface area contributed by atoms with Crippen molar-refractivity contribution in [2.24, 2.45) is 22.7 Å². The Labute approximate surface area is 282 Å². The predicted molar refractivity (Wildman–Crippen MR) is 185 cm³/mol. The van der Waals surface area contributed by atoms with Gasteiger partial charge in [-0.25, -0.2) is 0 Å². The number of carbonyl (C=O) groups is 2. The number of hydrogen-bond acceptors (Lipinski definition) is 6. The number of aliphatic hydroxyl groups excluding tert-OH is 2. The molecule has 0 aromatic heterocycles. The summed E-state index contributed by atoms with van der Waals surface area (Å²) in [5, 5.41) is 21.3. The minimum Gasteiger partial charge on any atom is -0.459 e. The van der Waals surface area contributed by atoms with E-state index in [-0.39, 0.29) is 46.0 Å². The fourth-order valence-corrected chi connectivity index (χ4v) is 8.83. The summed E-state index contributed by atoms with van der Waals surface area (Å²) in [6.07, 6.45) is 20.3. The molecular formula is C38H63BrO6. The zero-order valence-corrected chi connectivity index (χ0v) is 30.4. The van der Waals surface area contributed by atoms with Crippen molar-refractivity contribution >= 4 is 27.9 Å². The molecule has 0 bridgehead atoms. The molecule has 6 nitrogen and oxygen atoms in total. The zero-order valence-electron chi connectivity index (χ0n) is 28.8. The number of halogens is 1. The maximum absolute atomic E-state index is 13.0. The Hall–Kier alpha value is -1.18. The van der Waals surface area contributed by atoms with Gasteiger partial charge in [-0.05, 0) is 48.9 Å². The van der Waals surface area contributed by atoms with E-state index in [0.717, 1.165) is 37.7 Å². The average Bonchev–Trinajstić information content (AvgIpc) is 3.08. The number of hydrogen-bond donors (Lipinski definition) is 2. The molecule has 2 saturated carbocycles. The molecule has 45 heavy (non-hydrogen) atoms. The minimum atomic E-state index is -0.579. The summed E-state index contributed by atoms with van der Waals surface area (Å²) in [5.74, 6) is -0.661. The molecular weight excluding hydrogens is 632 g/mol. The number of fused-ring (bicyclic) bond motifs is 3. The molecule has 0 saturated heterocycles. The van der Waals surface area contributed by atoms with E-state index in [1.165, 1.54) is 76.7 Å². The first kappa shape index (κ1) is 38.3. The van der Waals surface area contributed by atoms with Gasteiger partial charge in [-0.15, -0.1) is 0 Å². The average molecular weight is 696 g/mol. The van der Waals surface area contributed by atoms with Crippen molar-refractivity contribution in [1.82, 2.24) is 0 Å². The van der Waals surface area contributed by atoms with Crippen LogP contribution >= 0.6 is 15.9 Å². The molecule has 0 radical (unpaired) electrons. The lowest BCUT2D eigenvalue weighted by Crippen LogP contribution is -2.50. The molecule has 0 aromatic carbocycles. The summed E-state index contributed by atoms with van der Waals surface area (Å²) >= 11 is 3.67. The molecule has 3 aliphatic rings. The van der Waals surface area contributed by atoms with E-state index in [4.69, 9.17) is 9.47 Å². The number of rotatable bonds is 18. The van der Waals surface area contributed by atoms with Crippen molar-refractivity contribution < 1.29 is 29.3 Å². The molecule has 3 aliphatic carbocycles. The van der Waals surface area contributed by atoms with Gasteiger partial charge in [0.15, 0.2) is 0 Å². The molecule has 0 amide bonds. The lowest BCUT2D eigenvalue weighted by Gasteiger charge is -2.54. The third-order valence-electron chi connectivity index (χ3n) is 11.2. The second-order valence-electron chi connectivity index (χ2n) is 15.0. The first-order chi connectivity index (χ1) is 21.4. The zero-order chi connectivity index (χ0) is 33.0. The van der Waals surface area contributed by atoms with Crippen molar-refractivity contribution in [2.45, 2.75) is 173 Å². The molecule has 7 heteroatoms. The minimum absolute atomic E-state index is 0.000201. The standard InChI is InChI=1S/C38H63BrO6/c1-6-7-8-9-10-11-12-13-14-15-16-17-18-19-36(43)45-33-22-27(2)31-23-32(42)29-24-37(4,35(39)26-40)21-20-30(29)38(31,5)25-34(33)44-28(3)41/h20,29,31-35,40,42H,2,6-19,21-26H2,1,3-5H3/t29-,31-,32-,33-,34-,35+,37+,38+/m1/s1. The Bertz CT molecular complexity index is 995. The van der Waals surface area contributed by atoms with Gasteiger partial charge in [0.05, 0.1) is 12.7 Å². The summed E-state index contributed by atoms with van der Waals surface area (Å²) < 4.78 is 11.9. The van der Waals surface area contributed by atoms with Crippen LogP contribution in [0.2, 0.25) is 0 Å². The van der Waals surface area contributed by atoms with Gasteiger partial charge in [-0.3, -0.25) is 9.59 Å². The van der Waals surface area contributed by atoms with Crippen LogP contribution in [0.5, 0.6) is 0 Å². The van der Waals surface area contributed by atoms with E-state index in [0.29, 0.717) is 25.7 Å². The number of unbranched alkanes of at least 4 members (excludes halogenated alkanes) is 12. The molecule has 258 valence electrons. The van der Waals surface area contributed by atoms with Gasteiger partial charge in [-0.1, -0.05) is 138 Å². The van der Waals surface area contributed by atoms with Gasteiger partial charge in [0, 0.05) is 30.5 Å². The van der Waals surface area contributed by atoms with Gasteiger partial charge in [-0.2, -0.15) is 0 Å². The number of esters is 2. The van der Waals surface area contributed by atoms with E-state index in [9.17, 15) is 19.8 Å². The fraction of sp³-hybridized carbons (Fsp3) is 0.842. The number of ether oxygens (including phenoxy) is 2. The summed E-state index contributed by atoms with van der Waals surface area (Å²) in [5.41, 5.74) is 1.60. The van der Waals surface area contributed by atoms with Crippen LogP contribution in [-0.4, -0.2) is 51.9 Å². The van der Waals surface area contributed by atoms with Crippen LogP contribution in [-0.2, 0) is 19.1 Å². The number of allylic oxidation sites excluding steroid dienone is 1. The highest BCUT2D eigenvalue weighted by molar-refractivity contribution is 9.09. The lowest BCUT2D eigenvalue weighted by atomic mass is 9.52. The molecule has 8 atom stereocenters. The second-order valence-corrected chi connectivity index (χ2v) is 16.1. The van der Waals surface area contributed by atoms with Gasteiger partial charge in [0.25, 0.3) is 0 Å². The third-order valence-corrected chi connectivity index (χ3v) is 12.6. The van der Waals surface area contributed by atoms with Crippen molar-refractivity contribution in [2.75, 3.05) is 6.61 Å². The summed E-state index contributed by atoms with van der Waals surface area (Å²) in [7, 11) is 0. The van der Waals surface area contributed by atoms with Crippen LogP contribution < -0.4 is 0 Å². The Morgan fingerprint density at radius 2 is 1.53 bits per heavy atom. The Balaban J connectivity index is 1.54. The van der Waals surface area contributed by atoms with Crippen LogP contribution in [0.15, 0.2) is 23.8 Å². The molecule has 3 rings (SSSR count). The number of carbonyl (C=O) groups excluding carboxylic acids is 2. The SMILES string of the molecule is C=C1C[C@@H](OC(=O)CCCCCCCCCCCCCCC)[C@H](OC(C)=O)C[C@@]2(C)C3=CC[C@](C)([C@@H](Br)CO)C[C@H]3[C@H](O)C[C@H]12. The second kappa shape index (κ2) is 18.4. The molecule has 2 N–H and O–H groups in total. The molecule has 0 heterocycles. The Morgan fingerprint density at radius 3 is 2.09 bits per heavy atom. The normalized spacial score (nSPS) is 32.1. The fourth-order valence-electron chi connectivity index (χ4n) is 8.46. The van der Waals surface area contributed by atoms with Crippen LogP contribution in [0.25, 0.3) is 0 Å². The third kappa shape index (κ3) is 10.7.